The number of hydrogen-bond acceptors (Lipinski definition) is 2. The van der Waals surface area contributed by atoms with E-state index in [1.165, 1.54) is 109 Å². The Labute approximate surface area is 453 Å². The number of fused-ring (bicyclic) bond motifs is 9. The van der Waals surface area contributed by atoms with Crippen molar-refractivity contribution >= 4 is 110 Å². The molecule has 0 fully saturated rings. The van der Waals surface area contributed by atoms with E-state index in [1.807, 2.05) is 0 Å². The summed E-state index contributed by atoms with van der Waals surface area (Å²) in [6.07, 6.45) is 0. The van der Waals surface area contributed by atoms with Crippen LogP contribution in [-0.4, -0.2) is 0 Å². The van der Waals surface area contributed by atoms with Gasteiger partial charge in [-0.3, -0.25) is 0 Å². The van der Waals surface area contributed by atoms with E-state index in [1.54, 1.807) is 0 Å². The summed E-state index contributed by atoms with van der Waals surface area (Å²) in [5, 5.41) is 17.0. The molecule has 364 valence electrons. The van der Waals surface area contributed by atoms with E-state index in [0.29, 0.717) is 0 Å². The lowest BCUT2D eigenvalue weighted by molar-refractivity contribution is 1.29. The lowest BCUT2D eigenvalue weighted by atomic mass is 9.82. The Hall–Kier alpha value is -10.3. The molecule has 0 aliphatic rings. The molecule has 0 aliphatic carbocycles. The molecule has 0 spiro atoms. The van der Waals surface area contributed by atoms with Crippen LogP contribution in [0.3, 0.4) is 0 Å². The number of nitrogens with zero attached hydrogens (tertiary/aromatic N) is 2. The van der Waals surface area contributed by atoms with Crippen molar-refractivity contribution in [2.75, 3.05) is 9.80 Å². The number of hydrogen-bond donors (Lipinski definition) is 0. The lowest BCUT2D eigenvalue weighted by Crippen LogP contribution is -2.10. The lowest BCUT2D eigenvalue weighted by Gasteiger charge is -2.29. The van der Waals surface area contributed by atoms with Crippen molar-refractivity contribution < 1.29 is 0 Å². The topological polar surface area (TPSA) is 6.48 Å². The molecule has 0 bridgehead atoms. The summed E-state index contributed by atoms with van der Waals surface area (Å²) in [5.74, 6) is 0. The molecule has 78 heavy (non-hydrogen) atoms. The molecule has 15 rings (SSSR count). The Morgan fingerprint density at radius 2 is 0.513 bits per heavy atom. The number of benzene rings is 15. The Balaban J connectivity index is 1.09. The average Bonchev–Trinajstić information content (AvgIpc) is 3.70. The Bertz CT molecular complexity index is 4780. The zero-order chi connectivity index (χ0) is 51.5. The third-order valence-corrected chi connectivity index (χ3v) is 15.9. The monoisotopic (exact) mass is 990 g/mol. The molecule has 2 nitrogen and oxygen atoms in total. The second-order valence-electron chi connectivity index (χ2n) is 20.4. The van der Waals surface area contributed by atoms with Crippen LogP contribution in [0.25, 0.3) is 109 Å². The van der Waals surface area contributed by atoms with Gasteiger partial charge in [-0.2, -0.15) is 0 Å². The van der Waals surface area contributed by atoms with Gasteiger partial charge in [0.2, 0.25) is 0 Å². The van der Waals surface area contributed by atoms with Crippen LogP contribution in [0, 0.1) is 0 Å². The second kappa shape index (κ2) is 18.8. The van der Waals surface area contributed by atoms with Crippen LogP contribution < -0.4 is 9.80 Å². The van der Waals surface area contributed by atoms with Crippen molar-refractivity contribution in [1.29, 1.82) is 0 Å². The van der Waals surface area contributed by atoms with Crippen LogP contribution in [-0.2, 0) is 0 Å². The highest BCUT2D eigenvalue weighted by atomic mass is 15.1. The molecular formula is C76H50N2. The summed E-state index contributed by atoms with van der Waals surface area (Å²) in [4.78, 5) is 4.84. The normalized spacial score (nSPS) is 11.6. The van der Waals surface area contributed by atoms with Gasteiger partial charge in [0.1, 0.15) is 0 Å². The van der Waals surface area contributed by atoms with E-state index in [0.717, 1.165) is 34.1 Å². The SMILES string of the molecule is c1ccc(-c2ccc(N(c3ccccc3)c3ccc4c(-c5cc6ccccc6c6ccccc56)c5cc(N(c6ccccc6)c6ccc7ccccc7c6)ccc5c(-c5cc6ccccc6c6ccccc56)c4c3)cc2)cc1. The fraction of sp³-hybridized carbons (Fsp3) is 0. The molecule has 0 unspecified atom stereocenters. The van der Waals surface area contributed by atoms with Crippen LogP contribution in [0.4, 0.5) is 34.1 Å². The second-order valence-corrected chi connectivity index (χ2v) is 20.4. The Morgan fingerprint density at radius 3 is 1.03 bits per heavy atom. The van der Waals surface area contributed by atoms with Gasteiger partial charge >= 0.3 is 0 Å². The maximum absolute atomic E-state index is 2.47. The van der Waals surface area contributed by atoms with Crippen LogP contribution >= 0.6 is 0 Å². The first kappa shape index (κ1) is 45.1. The highest BCUT2D eigenvalue weighted by molar-refractivity contribution is 6.29. The standard InChI is InChI=1S/C76H50N2/c1-4-20-51(21-5-1)53-36-39-59(40-37-53)77(57-26-6-2-7-27-57)61-42-44-69-73(49-61)75(71-47-55-24-12-14-30-63(55)65-32-16-18-34-67(65)71)70-45-43-62(78(58-28-8-3-9-29-58)60-41-38-52-22-10-11-23-54(52)46-60)50-74(70)76(69)72-48-56-25-13-15-31-64(56)66-33-17-19-35-68(66)72/h1-50H. The van der Waals surface area contributed by atoms with Gasteiger partial charge in [0.15, 0.2) is 0 Å². The van der Waals surface area contributed by atoms with Gasteiger partial charge in [0.05, 0.1) is 0 Å². The van der Waals surface area contributed by atoms with E-state index in [4.69, 9.17) is 0 Å². The third-order valence-electron chi connectivity index (χ3n) is 15.9. The van der Waals surface area contributed by atoms with Gasteiger partial charge in [-0.05, 0) is 194 Å². The van der Waals surface area contributed by atoms with Gasteiger partial charge in [-0.15, -0.1) is 0 Å². The summed E-state index contributed by atoms with van der Waals surface area (Å²) in [6.45, 7) is 0. The van der Waals surface area contributed by atoms with Crippen molar-refractivity contribution in [2.24, 2.45) is 0 Å². The maximum atomic E-state index is 2.47. The fourth-order valence-electron chi connectivity index (χ4n) is 12.4. The smallest absolute Gasteiger partial charge is 0.0468 e. The number of rotatable bonds is 9. The van der Waals surface area contributed by atoms with E-state index < -0.39 is 0 Å². The zero-order valence-electron chi connectivity index (χ0n) is 42.8. The molecule has 15 aromatic carbocycles. The van der Waals surface area contributed by atoms with Crippen LogP contribution in [0.5, 0.6) is 0 Å². The minimum Gasteiger partial charge on any atom is -0.310 e. The molecule has 0 amide bonds. The molecule has 0 heterocycles. The molecule has 15 aromatic rings. The Morgan fingerprint density at radius 1 is 0.167 bits per heavy atom. The van der Waals surface area contributed by atoms with Crippen LogP contribution in [0.2, 0.25) is 0 Å². The highest BCUT2D eigenvalue weighted by Crippen LogP contribution is 2.52. The molecule has 0 N–H and O–H groups in total. The van der Waals surface area contributed by atoms with Gasteiger partial charge in [0, 0.05) is 34.1 Å². The summed E-state index contributed by atoms with van der Waals surface area (Å²) < 4.78 is 0. The summed E-state index contributed by atoms with van der Waals surface area (Å²) >= 11 is 0. The van der Waals surface area contributed by atoms with E-state index >= 15 is 0 Å². The first-order valence-corrected chi connectivity index (χ1v) is 26.9. The van der Waals surface area contributed by atoms with Gasteiger partial charge in [-0.1, -0.05) is 218 Å². The molecule has 0 aromatic heterocycles. The average molecular weight is 991 g/mol. The third kappa shape index (κ3) is 7.65. The minimum atomic E-state index is 1.07. The van der Waals surface area contributed by atoms with Gasteiger partial charge < -0.3 is 9.80 Å². The minimum absolute atomic E-state index is 1.07. The first-order chi connectivity index (χ1) is 38.7. The van der Waals surface area contributed by atoms with E-state index in [-0.39, 0.29) is 0 Å². The predicted octanol–water partition coefficient (Wildman–Crippen LogP) is 21.7. The van der Waals surface area contributed by atoms with E-state index in [9.17, 15) is 0 Å². The zero-order valence-corrected chi connectivity index (χ0v) is 42.8. The highest BCUT2D eigenvalue weighted by Gasteiger charge is 2.25. The van der Waals surface area contributed by atoms with Crippen molar-refractivity contribution in [3.63, 3.8) is 0 Å². The largest absolute Gasteiger partial charge is 0.310 e. The maximum Gasteiger partial charge on any atom is 0.0468 e. The molecular weight excluding hydrogens is 941 g/mol. The van der Waals surface area contributed by atoms with Crippen molar-refractivity contribution in [2.45, 2.75) is 0 Å². The Kier molecular flexibility index (Phi) is 10.9. The summed E-state index contributed by atoms with van der Waals surface area (Å²) in [6, 6.07) is 112. The molecule has 2 heteroatoms. The molecule has 0 saturated carbocycles. The van der Waals surface area contributed by atoms with E-state index in [2.05, 4.69) is 313 Å². The number of para-hydroxylation sites is 2. The fourth-order valence-corrected chi connectivity index (χ4v) is 12.4. The molecule has 0 atom stereocenters. The molecule has 0 radical (unpaired) electrons. The predicted molar refractivity (Wildman–Crippen MR) is 335 cm³/mol. The van der Waals surface area contributed by atoms with Crippen molar-refractivity contribution in [3.8, 4) is 33.4 Å². The number of anilines is 6. The van der Waals surface area contributed by atoms with Crippen molar-refractivity contribution in [1.82, 2.24) is 0 Å². The van der Waals surface area contributed by atoms with Crippen LogP contribution in [0.1, 0.15) is 0 Å². The molecule has 0 aliphatic heterocycles. The quantitative estimate of drug-likeness (QED) is 0.105. The van der Waals surface area contributed by atoms with Crippen LogP contribution in [0.15, 0.2) is 303 Å². The van der Waals surface area contributed by atoms with Gasteiger partial charge in [-0.25, -0.2) is 0 Å². The summed E-state index contributed by atoms with van der Waals surface area (Å²) in [5.41, 5.74) is 13.7. The first-order valence-electron chi connectivity index (χ1n) is 26.9. The van der Waals surface area contributed by atoms with Crippen molar-refractivity contribution in [3.05, 3.63) is 303 Å². The summed E-state index contributed by atoms with van der Waals surface area (Å²) in [7, 11) is 0. The molecule has 0 saturated heterocycles. The van der Waals surface area contributed by atoms with Gasteiger partial charge in [0.25, 0.3) is 0 Å².